The Morgan fingerprint density at radius 1 is 1.04 bits per heavy atom. The standard InChI is InChI=1S/C21H19NO4S2/c1-21(15-5-3-2-4-6-15)12-19(21)22-28(23,24)20-10-9-18(27-20)14-7-8-16-17(11-14)26-13-25-16/h2-11,19,22H,12-13H2,1H3/t19-,21+/m0/s1. The third-order valence-corrected chi connectivity index (χ3v) is 8.57. The summed E-state index contributed by atoms with van der Waals surface area (Å²) in [4.78, 5) is 0.875. The van der Waals surface area contributed by atoms with E-state index in [1.54, 1.807) is 6.07 Å². The van der Waals surface area contributed by atoms with Gasteiger partial charge in [-0.1, -0.05) is 37.3 Å². The summed E-state index contributed by atoms with van der Waals surface area (Å²) in [6.07, 6.45) is 0.802. The van der Waals surface area contributed by atoms with Crippen molar-refractivity contribution in [1.82, 2.24) is 4.72 Å². The van der Waals surface area contributed by atoms with Crippen LogP contribution in [-0.2, 0) is 15.4 Å². The fraction of sp³-hybridized carbons (Fsp3) is 0.238. The van der Waals surface area contributed by atoms with Gasteiger partial charge in [0.1, 0.15) is 4.21 Å². The van der Waals surface area contributed by atoms with Crippen LogP contribution in [-0.4, -0.2) is 21.3 Å². The van der Waals surface area contributed by atoms with Crippen molar-refractivity contribution in [2.45, 2.75) is 29.0 Å². The van der Waals surface area contributed by atoms with Gasteiger partial charge in [0.15, 0.2) is 11.5 Å². The highest BCUT2D eigenvalue weighted by atomic mass is 32.2. The van der Waals surface area contributed by atoms with Crippen LogP contribution in [0.2, 0.25) is 0 Å². The number of sulfonamides is 1. The van der Waals surface area contributed by atoms with Gasteiger partial charge in [-0.3, -0.25) is 0 Å². The lowest BCUT2D eigenvalue weighted by Gasteiger charge is -2.12. The molecular weight excluding hydrogens is 394 g/mol. The van der Waals surface area contributed by atoms with Crippen molar-refractivity contribution >= 4 is 21.4 Å². The predicted octanol–water partition coefficient (Wildman–Crippen LogP) is 4.15. The molecule has 7 heteroatoms. The van der Waals surface area contributed by atoms with E-state index in [0.717, 1.165) is 22.4 Å². The zero-order valence-corrected chi connectivity index (χ0v) is 16.8. The quantitative estimate of drug-likeness (QED) is 0.682. The topological polar surface area (TPSA) is 64.6 Å². The maximum absolute atomic E-state index is 12.9. The third-order valence-electron chi connectivity index (χ3n) is 5.47. The Hall–Kier alpha value is -2.35. The molecule has 0 radical (unpaired) electrons. The van der Waals surface area contributed by atoms with Crippen LogP contribution >= 0.6 is 11.3 Å². The van der Waals surface area contributed by atoms with Crippen LogP contribution in [0.1, 0.15) is 18.9 Å². The molecule has 1 aliphatic heterocycles. The molecule has 28 heavy (non-hydrogen) atoms. The van der Waals surface area contributed by atoms with Crippen molar-refractivity contribution in [3.8, 4) is 21.9 Å². The summed E-state index contributed by atoms with van der Waals surface area (Å²) in [6, 6.07) is 19.1. The molecule has 144 valence electrons. The monoisotopic (exact) mass is 413 g/mol. The largest absolute Gasteiger partial charge is 0.454 e. The van der Waals surface area contributed by atoms with Crippen LogP contribution < -0.4 is 14.2 Å². The smallest absolute Gasteiger partial charge is 0.250 e. The van der Waals surface area contributed by atoms with Crippen LogP contribution in [0.25, 0.3) is 10.4 Å². The van der Waals surface area contributed by atoms with E-state index in [1.165, 1.54) is 11.3 Å². The molecule has 1 saturated carbocycles. The van der Waals surface area contributed by atoms with E-state index in [2.05, 4.69) is 23.8 Å². The Bertz CT molecular complexity index is 1140. The molecule has 2 heterocycles. The van der Waals surface area contributed by atoms with E-state index in [0.29, 0.717) is 15.7 Å². The van der Waals surface area contributed by atoms with E-state index in [-0.39, 0.29) is 18.2 Å². The zero-order valence-electron chi connectivity index (χ0n) is 15.2. The van der Waals surface area contributed by atoms with Gasteiger partial charge in [-0.25, -0.2) is 13.1 Å². The van der Waals surface area contributed by atoms with Crippen molar-refractivity contribution in [3.05, 3.63) is 66.2 Å². The molecule has 0 saturated heterocycles. The molecule has 1 aliphatic carbocycles. The van der Waals surface area contributed by atoms with Gasteiger partial charge in [0.2, 0.25) is 16.8 Å². The summed E-state index contributed by atoms with van der Waals surface area (Å²) in [5.74, 6) is 1.40. The number of hydrogen-bond donors (Lipinski definition) is 1. The molecule has 1 N–H and O–H groups in total. The molecule has 3 aromatic rings. The first-order valence-corrected chi connectivity index (χ1v) is 11.3. The van der Waals surface area contributed by atoms with Crippen LogP contribution in [0.5, 0.6) is 11.5 Å². The van der Waals surface area contributed by atoms with Gasteiger partial charge >= 0.3 is 0 Å². The molecule has 0 bridgehead atoms. The Morgan fingerprint density at radius 2 is 1.82 bits per heavy atom. The SMILES string of the molecule is C[C@]1(c2ccccc2)C[C@@H]1NS(=O)(=O)c1ccc(-c2ccc3c(c2)OCO3)s1. The molecule has 1 aromatic heterocycles. The predicted molar refractivity (Wildman–Crippen MR) is 108 cm³/mol. The van der Waals surface area contributed by atoms with E-state index < -0.39 is 10.0 Å². The summed E-state index contributed by atoms with van der Waals surface area (Å²) < 4.78 is 39.7. The van der Waals surface area contributed by atoms with Crippen molar-refractivity contribution in [2.24, 2.45) is 0 Å². The number of hydrogen-bond acceptors (Lipinski definition) is 5. The van der Waals surface area contributed by atoms with Gasteiger partial charge in [-0.05, 0) is 47.9 Å². The average Bonchev–Trinajstić information content (AvgIpc) is 3.13. The lowest BCUT2D eigenvalue weighted by atomic mass is 9.98. The fourth-order valence-corrected chi connectivity index (χ4v) is 6.26. The minimum absolute atomic E-state index is 0.0870. The zero-order chi connectivity index (χ0) is 19.4. The molecule has 0 unspecified atom stereocenters. The highest BCUT2D eigenvalue weighted by Crippen LogP contribution is 2.48. The maximum Gasteiger partial charge on any atom is 0.250 e. The molecule has 5 rings (SSSR count). The number of nitrogens with one attached hydrogen (secondary N) is 1. The first-order valence-electron chi connectivity index (χ1n) is 9.03. The number of rotatable bonds is 5. The summed E-state index contributed by atoms with van der Waals surface area (Å²) in [5, 5.41) is 0. The highest BCUT2D eigenvalue weighted by Gasteiger charge is 2.53. The Labute approximate surface area is 168 Å². The summed E-state index contributed by atoms with van der Waals surface area (Å²) in [6.45, 7) is 2.32. The summed E-state index contributed by atoms with van der Waals surface area (Å²) in [7, 11) is -3.56. The van der Waals surface area contributed by atoms with Gasteiger partial charge in [-0.2, -0.15) is 0 Å². The minimum atomic E-state index is -3.56. The maximum atomic E-state index is 12.9. The van der Waals surface area contributed by atoms with Gasteiger partial charge in [0.05, 0.1) is 0 Å². The Kier molecular flexibility index (Phi) is 4.01. The summed E-state index contributed by atoms with van der Waals surface area (Å²) in [5.41, 5.74) is 1.93. The minimum Gasteiger partial charge on any atom is -0.454 e. The molecule has 2 aromatic carbocycles. The first-order chi connectivity index (χ1) is 13.5. The number of fused-ring (bicyclic) bond motifs is 1. The molecule has 0 spiro atoms. The Balaban J connectivity index is 1.35. The van der Waals surface area contributed by atoms with Crippen molar-refractivity contribution in [1.29, 1.82) is 0 Å². The van der Waals surface area contributed by atoms with Crippen molar-refractivity contribution in [2.75, 3.05) is 6.79 Å². The third kappa shape index (κ3) is 2.99. The van der Waals surface area contributed by atoms with Gasteiger partial charge in [0.25, 0.3) is 0 Å². The normalized spacial score (nSPS) is 23.0. The second-order valence-electron chi connectivity index (χ2n) is 7.35. The molecular formula is C21H19NO4S2. The lowest BCUT2D eigenvalue weighted by Crippen LogP contribution is -2.29. The lowest BCUT2D eigenvalue weighted by molar-refractivity contribution is 0.174. The highest BCUT2D eigenvalue weighted by molar-refractivity contribution is 7.91. The van der Waals surface area contributed by atoms with E-state index >= 15 is 0 Å². The molecule has 0 amide bonds. The van der Waals surface area contributed by atoms with Gasteiger partial charge < -0.3 is 9.47 Å². The van der Waals surface area contributed by atoms with E-state index in [1.807, 2.05) is 42.5 Å². The van der Waals surface area contributed by atoms with E-state index in [9.17, 15) is 8.42 Å². The van der Waals surface area contributed by atoms with Gasteiger partial charge in [0, 0.05) is 16.3 Å². The van der Waals surface area contributed by atoms with Crippen LogP contribution in [0.3, 0.4) is 0 Å². The number of thiophene rings is 1. The fourth-order valence-electron chi connectivity index (χ4n) is 3.59. The second-order valence-corrected chi connectivity index (χ2v) is 10.4. The van der Waals surface area contributed by atoms with Crippen LogP contribution in [0.4, 0.5) is 0 Å². The van der Waals surface area contributed by atoms with E-state index in [4.69, 9.17) is 9.47 Å². The molecule has 5 nitrogen and oxygen atoms in total. The number of benzene rings is 2. The van der Waals surface area contributed by atoms with Crippen molar-refractivity contribution < 1.29 is 17.9 Å². The van der Waals surface area contributed by atoms with Crippen LogP contribution in [0, 0.1) is 0 Å². The Morgan fingerprint density at radius 3 is 2.64 bits per heavy atom. The number of ether oxygens (including phenoxy) is 2. The van der Waals surface area contributed by atoms with Gasteiger partial charge in [-0.15, -0.1) is 11.3 Å². The molecule has 1 fully saturated rings. The van der Waals surface area contributed by atoms with Crippen molar-refractivity contribution in [3.63, 3.8) is 0 Å². The summed E-state index contributed by atoms with van der Waals surface area (Å²) >= 11 is 1.26. The first kappa shape index (κ1) is 17.7. The molecule has 2 atom stereocenters. The second kappa shape index (κ2) is 6.34. The average molecular weight is 414 g/mol. The van der Waals surface area contributed by atoms with Crippen LogP contribution in [0.15, 0.2) is 64.9 Å². The molecule has 2 aliphatic rings.